The van der Waals surface area contributed by atoms with Crippen molar-refractivity contribution in [1.82, 2.24) is 10.2 Å². The van der Waals surface area contributed by atoms with Gasteiger partial charge in [-0.1, -0.05) is 13.8 Å². The second-order valence-electron chi connectivity index (χ2n) is 4.11. The summed E-state index contributed by atoms with van der Waals surface area (Å²) in [5.74, 6) is 0. The molecule has 16 heavy (non-hydrogen) atoms. The first-order valence-electron chi connectivity index (χ1n) is 6.35. The Morgan fingerprint density at radius 1 is 1.25 bits per heavy atom. The summed E-state index contributed by atoms with van der Waals surface area (Å²) in [5.41, 5.74) is 0. The van der Waals surface area contributed by atoms with Crippen LogP contribution in [-0.2, 0) is 4.74 Å². The molecule has 2 unspecified atom stereocenters. The molecule has 2 N–H and O–H groups in total. The number of likely N-dealkylation sites (N-methyl/N-ethyl adjacent to an activating group) is 1. The monoisotopic (exact) mass is 232 g/mol. The van der Waals surface area contributed by atoms with Gasteiger partial charge in [-0.3, -0.25) is 0 Å². The Balaban J connectivity index is 3.59. The first-order chi connectivity index (χ1) is 7.63. The molecule has 0 aromatic heterocycles. The quantitative estimate of drug-likeness (QED) is 0.582. The van der Waals surface area contributed by atoms with Crippen LogP contribution in [0.25, 0.3) is 0 Å². The Labute approximate surface area is 100.0 Å². The highest BCUT2D eigenvalue weighted by molar-refractivity contribution is 4.68. The SMILES string of the molecule is CCOCC(C)NCC(O)CN(CC)CC. The molecule has 0 saturated carbocycles. The predicted molar refractivity (Wildman–Crippen MR) is 67.8 cm³/mol. The summed E-state index contributed by atoms with van der Waals surface area (Å²) in [6.07, 6.45) is -0.302. The van der Waals surface area contributed by atoms with E-state index >= 15 is 0 Å². The molecule has 0 aromatic carbocycles. The van der Waals surface area contributed by atoms with Gasteiger partial charge in [-0.2, -0.15) is 0 Å². The number of rotatable bonds is 10. The van der Waals surface area contributed by atoms with E-state index in [-0.39, 0.29) is 6.10 Å². The highest BCUT2D eigenvalue weighted by Crippen LogP contribution is 1.92. The molecule has 0 radical (unpaired) electrons. The number of nitrogens with one attached hydrogen (secondary N) is 1. The molecule has 0 aliphatic heterocycles. The molecule has 98 valence electrons. The summed E-state index contributed by atoms with van der Waals surface area (Å²) >= 11 is 0. The van der Waals surface area contributed by atoms with Crippen LogP contribution in [0.4, 0.5) is 0 Å². The van der Waals surface area contributed by atoms with E-state index in [0.29, 0.717) is 19.2 Å². The van der Waals surface area contributed by atoms with Crippen LogP contribution in [0.2, 0.25) is 0 Å². The Hall–Kier alpha value is -0.160. The summed E-state index contributed by atoms with van der Waals surface area (Å²) in [7, 11) is 0. The van der Waals surface area contributed by atoms with Crippen molar-refractivity contribution >= 4 is 0 Å². The maximum atomic E-state index is 9.81. The Morgan fingerprint density at radius 2 is 1.88 bits per heavy atom. The third-order valence-electron chi connectivity index (χ3n) is 2.64. The fourth-order valence-corrected chi connectivity index (χ4v) is 1.54. The summed E-state index contributed by atoms with van der Waals surface area (Å²) in [4.78, 5) is 2.22. The molecule has 0 heterocycles. The van der Waals surface area contributed by atoms with E-state index in [1.54, 1.807) is 0 Å². The van der Waals surface area contributed by atoms with Gasteiger partial charge in [0.15, 0.2) is 0 Å². The van der Waals surface area contributed by atoms with Gasteiger partial charge in [0.05, 0.1) is 12.7 Å². The van der Waals surface area contributed by atoms with Crippen molar-refractivity contribution in [3.8, 4) is 0 Å². The van der Waals surface area contributed by atoms with Crippen LogP contribution in [0.15, 0.2) is 0 Å². The lowest BCUT2D eigenvalue weighted by Crippen LogP contribution is -2.42. The third kappa shape index (κ3) is 8.05. The van der Waals surface area contributed by atoms with Gasteiger partial charge >= 0.3 is 0 Å². The molecule has 0 amide bonds. The van der Waals surface area contributed by atoms with Crippen molar-refractivity contribution in [2.24, 2.45) is 0 Å². The first-order valence-corrected chi connectivity index (χ1v) is 6.35. The largest absolute Gasteiger partial charge is 0.390 e. The molecule has 4 nitrogen and oxygen atoms in total. The zero-order chi connectivity index (χ0) is 12.4. The van der Waals surface area contributed by atoms with Crippen LogP contribution in [-0.4, -0.2) is 61.5 Å². The number of hydrogen-bond donors (Lipinski definition) is 2. The van der Waals surface area contributed by atoms with Gasteiger partial charge in [0.25, 0.3) is 0 Å². The molecule has 0 aliphatic carbocycles. The van der Waals surface area contributed by atoms with Gasteiger partial charge in [0.2, 0.25) is 0 Å². The zero-order valence-electron chi connectivity index (χ0n) is 11.2. The molecule has 2 atom stereocenters. The molecular formula is C12H28N2O2. The maximum Gasteiger partial charge on any atom is 0.0791 e. The minimum Gasteiger partial charge on any atom is -0.390 e. The molecule has 0 rings (SSSR count). The van der Waals surface area contributed by atoms with Crippen LogP contribution >= 0.6 is 0 Å². The van der Waals surface area contributed by atoms with Crippen LogP contribution in [0.1, 0.15) is 27.7 Å². The van der Waals surface area contributed by atoms with Crippen LogP contribution in [0, 0.1) is 0 Å². The zero-order valence-corrected chi connectivity index (χ0v) is 11.2. The Bertz CT molecular complexity index is 152. The van der Waals surface area contributed by atoms with Crippen molar-refractivity contribution in [1.29, 1.82) is 0 Å². The van der Waals surface area contributed by atoms with E-state index < -0.39 is 0 Å². The second-order valence-corrected chi connectivity index (χ2v) is 4.11. The number of nitrogens with zero attached hydrogens (tertiary/aromatic N) is 1. The van der Waals surface area contributed by atoms with Crippen LogP contribution in [0.5, 0.6) is 0 Å². The second kappa shape index (κ2) is 10.0. The lowest BCUT2D eigenvalue weighted by atomic mass is 10.3. The number of aliphatic hydroxyl groups is 1. The highest BCUT2D eigenvalue weighted by Gasteiger charge is 2.10. The standard InChI is InChI=1S/C12H28N2O2/c1-5-14(6-2)9-12(15)8-13-11(4)10-16-7-3/h11-13,15H,5-10H2,1-4H3. The number of ether oxygens (including phenoxy) is 1. The summed E-state index contributed by atoms with van der Waals surface area (Å²) in [6.45, 7) is 13.1. The smallest absolute Gasteiger partial charge is 0.0791 e. The minimum absolute atomic E-state index is 0.298. The van der Waals surface area contributed by atoms with E-state index in [1.165, 1.54) is 0 Å². The van der Waals surface area contributed by atoms with Gasteiger partial charge in [-0.05, 0) is 26.9 Å². The Morgan fingerprint density at radius 3 is 2.38 bits per heavy atom. The third-order valence-corrected chi connectivity index (χ3v) is 2.64. The molecule has 0 aromatic rings. The molecule has 0 bridgehead atoms. The molecule has 0 fully saturated rings. The fraction of sp³-hybridized carbons (Fsp3) is 1.00. The van der Waals surface area contributed by atoms with E-state index in [1.807, 2.05) is 6.92 Å². The minimum atomic E-state index is -0.302. The molecule has 4 heteroatoms. The topological polar surface area (TPSA) is 44.7 Å². The average molecular weight is 232 g/mol. The summed E-state index contributed by atoms with van der Waals surface area (Å²) in [6, 6.07) is 0.298. The van der Waals surface area contributed by atoms with Crippen LogP contribution < -0.4 is 5.32 Å². The highest BCUT2D eigenvalue weighted by atomic mass is 16.5. The van der Waals surface area contributed by atoms with Gasteiger partial charge < -0.3 is 20.1 Å². The summed E-state index contributed by atoms with van der Waals surface area (Å²) in [5, 5.41) is 13.1. The molecule has 0 saturated heterocycles. The van der Waals surface area contributed by atoms with Gasteiger partial charge in [0.1, 0.15) is 0 Å². The maximum absolute atomic E-state index is 9.81. The van der Waals surface area contributed by atoms with Crippen LogP contribution in [0.3, 0.4) is 0 Å². The molecule has 0 spiro atoms. The van der Waals surface area contributed by atoms with E-state index in [0.717, 1.165) is 26.2 Å². The van der Waals surface area contributed by atoms with E-state index in [4.69, 9.17) is 4.74 Å². The normalized spacial score (nSPS) is 15.4. The molecular weight excluding hydrogens is 204 g/mol. The lowest BCUT2D eigenvalue weighted by molar-refractivity contribution is 0.0976. The molecule has 0 aliphatic rings. The van der Waals surface area contributed by atoms with Crippen molar-refractivity contribution in [2.75, 3.05) is 39.4 Å². The first kappa shape index (κ1) is 15.8. The van der Waals surface area contributed by atoms with Gasteiger partial charge in [0, 0.05) is 25.7 Å². The van der Waals surface area contributed by atoms with Crippen molar-refractivity contribution in [2.45, 2.75) is 39.8 Å². The fourth-order valence-electron chi connectivity index (χ4n) is 1.54. The summed E-state index contributed by atoms with van der Waals surface area (Å²) < 4.78 is 5.30. The van der Waals surface area contributed by atoms with E-state index in [9.17, 15) is 5.11 Å². The van der Waals surface area contributed by atoms with Crippen molar-refractivity contribution in [3.05, 3.63) is 0 Å². The van der Waals surface area contributed by atoms with Crippen molar-refractivity contribution in [3.63, 3.8) is 0 Å². The Kier molecular flexibility index (Phi) is 9.92. The number of aliphatic hydroxyl groups excluding tert-OH is 1. The van der Waals surface area contributed by atoms with Gasteiger partial charge in [-0.25, -0.2) is 0 Å². The van der Waals surface area contributed by atoms with Crippen molar-refractivity contribution < 1.29 is 9.84 Å². The number of hydrogen-bond acceptors (Lipinski definition) is 4. The van der Waals surface area contributed by atoms with E-state index in [2.05, 4.69) is 31.0 Å². The average Bonchev–Trinajstić information content (AvgIpc) is 2.30. The predicted octanol–water partition coefficient (Wildman–Crippen LogP) is 0.704. The van der Waals surface area contributed by atoms with Gasteiger partial charge in [-0.15, -0.1) is 0 Å². The lowest BCUT2D eigenvalue weighted by Gasteiger charge is -2.23.